The number of halogens is 1. The SMILES string of the molecule is CCC(CC)CN(CC)Cc1ccc(F)c(C(N)=S)c1. The minimum Gasteiger partial charge on any atom is -0.389 e. The van der Waals surface area contributed by atoms with Gasteiger partial charge in [0.15, 0.2) is 0 Å². The summed E-state index contributed by atoms with van der Waals surface area (Å²) in [5.41, 5.74) is 6.95. The van der Waals surface area contributed by atoms with E-state index in [1.807, 2.05) is 6.07 Å². The molecule has 0 fully saturated rings. The molecule has 0 aliphatic rings. The minimum atomic E-state index is -0.343. The lowest BCUT2D eigenvalue weighted by Gasteiger charge is -2.25. The summed E-state index contributed by atoms with van der Waals surface area (Å²) in [7, 11) is 0. The van der Waals surface area contributed by atoms with Gasteiger partial charge in [0.05, 0.1) is 0 Å². The van der Waals surface area contributed by atoms with Gasteiger partial charge in [0.2, 0.25) is 0 Å². The van der Waals surface area contributed by atoms with Crippen LogP contribution in [-0.4, -0.2) is 23.0 Å². The van der Waals surface area contributed by atoms with Gasteiger partial charge in [-0.15, -0.1) is 0 Å². The Morgan fingerprint density at radius 1 is 1.30 bits per heavy atom. The molecule has 112 valence electrons. The lowest BCUT2D eigenvalue weighted by Crippen LogP contribution is -2.29. The molecule has 1 rings (SSSR count). The number of hydrogen-bond acceptors (Lipinski definition) is 2. The van der Waals surface area contributed by atoms with E-state index in [-0.39, 0.29) is 10.8 Å². The summed E-state index contributed by atoms with van der Waals surface area (Å²) in [6.07, 6.45) is 2.38. The highest BCUT2D eigenvalue weighted by Gasteiger charge is 2.12. The first-order valence-electron chi connectivity index (χ1n) is 7.32. The highest BCUT2D eigenvalue weighted by molar-refractivity contribution is 7.80. The second kappa shape index (κ2) is 8.32. The summed E-state index contributed by atoms with van der Waals surface area (Å²) in [5, 5.41) is 0. The number of hydrogen-bond donors (Lipinski definition) is 1. The van der Waals surface area contributed by atoms with Crippen molar-refractivity contribution in [2.75, 3.05) is 13.1 Å². The van der Waals surface area contributed by atoms with Crippen LogP contribution in [0.15, 0.2) is 18.2 Å². The Hall–Kier alpha value is -1.00. The molecule has 0 unspecified atom stereocenters. The summed E-state index contributed by atoms with van der Waals surface area (Å²) in [5.74, 6) is 0.370. The lowest BCUT2D eigenvalue weighted by atomic mass is 10.0. The van der Waals surface area contributed by atoms with E-state index in [2.05, 4.69) is 25.7 Å². The lowest BCUT2D eigenvalue weighted by molar-refractivity contribution is 0.226. The van der Waals surface area contributed by atoms with E-state index in [0.29, 0.717) is 11.5 Å². The molecule has 0 amide bonds. The fourth-order valence-electron chi connectivity index (χ4n) is 2.34. The van der Waals surface area contributed by atoms with Gasteiger partial charge in [-0.05, 0) is 30.2 Å². The Labute approximate surface area is 127 Å². The third-order valence-electron chi connectivity index (χ3n) is 3.82. The van der Waals surface area contributed by atoms with Gasteiger partial charge >= 0.3 is 0 Å². The molecule has 2 N–H and O–H groups in total. The molecule has 0 atom stereocenters. The summed E-state index contributed by atoms with van der Waals surface area (Å²) >= 11 is 4.88. The van der Waals surface area contributed by atoms with E-state index in [1.165, 1.54) is 18.9 Å². The highest BCUT2D eigenvalue weighted by Crippen LogP contribution is 2.15. The maximum Gasteiger partial charge on any atom is 0.133 e. The topological polar surface area (TPSA) is 29.3 Å². The maximum absolute atomic E-state index is 13.6. The van der Waals surface area contributed by atoms with Gasteiger partial charge in [-0.25, -0.2) is 4.39 Å². The van der Waals surface area contributed by atoms with E-state index in [1.54, 1.807) is 6.07 Å². The molecule has 0 saturated heterocycles. The van der Waals surface area contributed by atoms with Crippen LogP contribution in [0.5, 0.6) is 0 Å². The third-order valence-corrected chi connectivity index (χ3v) is 4.04. The molecule has 0 aliphatic carbocycles. The first-order chi connectivity index (χ1) is 9.51. The number of nitrogens with zero attached hydrogens (tertiary/aromatic N) is 1. The number of benzene rings is 1. The highest BCUT2D eigenvalue weighted by atomic mass is 32.1. The van der Waals surface area contributed by atoms with Crippen LogP contribution in [0.4, 0.5) is 4.39 Å². The van der Waals surface area contributed by atoms with Crippen molar-refractivity contribution in [3.05, 3.63) is 35.1 Å². The molecule has 0 radical (unpaired) electrons. The minimum absolute atomic E-state index is 0.118. The summed E-state index contributed by atoms with van der Waals surface area (Å²) in [6, 6.07) is 5.04. The van der Waals surface area contributed by atoms with Crippen molar-refractivity contribution in [2.45, 2.75) is 40.2 Å². The van der Waals surface area contributed by atoms with Gasteiger partial charge in [0, 0.05) is 18.7 Å². The van der Waals surface area contributed by atoms with Crippen molar-refractivity contribution in [1.29, 1.82) is 0 Å². The molecule has 4 heteroatoms. The Bertz CT molecular complexity index is 444. The summed E-state index contributed by atoms with van der Waals surface area (Å²) in [4.78, 5) is 2.50. The Morgan fingerprint density at radius 3 is 2.45 bits per heavy atom. The van der Waals surface area contributed by atoms with Crippen LogP contribution >= 0.6 is 12.2 Å². The maximum atomic E-state index is 13.6. The van der Waals surface area contributed by atoms with Crippen molar-refractivity contribution >= 4 is 17.2 Å². The van der Waals surface area contributed by atoms with Gasteiger partial charge in [0.1, 0.15) is 10.8 Å². The molecule has 1 aromatic carbocycles. The number of thiocarbonyl (C=S) groups is 1. The quantitative estimate of drug-likeness (QED) is 0.741. The summed E-state index contributed by atoms with van der Waals surface area (Å²) < 4.78 is 13.6. The molecule has 1 aromatic rings. The van der Waals surface area contributed by atoms with Gasteiger partial charge in [0.25, 0.3) is 0 Å². The van der Waals surface area contributed by atoms with E-state index >= 15 is 0 Å². The Morgan fingerprint density at radius 2 is 1.95 bits per heavy atom. The molecule has 0 saturated carbocycles. The van der Waals surface area contributed by atoms with E-state index in [0.717, 1.165) is 25.2 Å². The van der Waals surface area contributed by atoms with Crippen molar-refractivity contribution in [3.63, 3.8) is 0 Å². The smallest absolute Gasteiger partial charge is 0.133 e. The zero-order valence-electron chi connectivity index (χ0n) is 12.7. The zero-order chi connectivity index (χ0) is 15.1. The molecular formula is C16H25FN2S. The van der Waals surface area contributed by atoms with Crippen LogP contribution in [-0.2, 0) is 6.54 Å². The molecule has 0 heterocycles. The normalized spacial score (nSPS) is 11.3. The van der Waals surface area contributed by atoms with Crippen molar-refractivity contribution in [1.82, 2.24) is 4.90 Å². The first kappa shape index (κ1) is 17.1. The van der Waals surface area contributed by atoms with Crippen LogP contribution < -0.4 is 5.73 Å². The van der Waals surface area contributed by atoms with Crippen LogP contribution in [0.1, 0.15) is 44.7 Å². The monoisotopic (exact) mass is 296 g/mol. The van der Waals surface area contributed by atoms with Crippen molar-refractivity contribution in [3.8, 4) is 0 Å². The number of nitrogens with two attached hydrogens (primary N) is 1. The van der Waals surface area contributed by atoms with Crippen LogP contribution in [0.25, 0.3) is 0 Å². The zero-order valence-corrected chi connectivity index (χ0v) is 13.5. The summed E-state index contributed by atoms with van der Waals surface area (Å²) in [6.45, 7) is 9.47. The van der Waals surface area contributed by atoms with Crippen LogP contribution in [0, 0.1) is 11.7 Å². The van der Waals surface area contributed by atoms with Gasteiger partial charge in [-0.3, -0.25) is 4.90 Å². The van der Waals surface area contributed by atoms with Gasteiger partial charge in [-0.1, -0.05) is 51.9 Å². The molecule has 2 nitrogen and oxygen atoms in total. The molecule has 20 heavy (non-hydrogen) atoms. The predicted molar refractivity (Wildman–Crippen MR) is 87.3 cm³/mol. The van der Waals surface area contributed by atoms with Crippen LogP contribution in [0.3, 0.4) is 0 Å². The third kappa shape index (κ3) is 4.84. The standard InChI is InChI=1S/C16H25FN2S/c1-4-12(5-2)10-19(6-3)11-13-7-8-15(17)14(9-13)16(18)20/h7-9,12H,4-6,10-11H2,1-3H3,(H2,18,20). The Balaban J connectivity index is 2.79. The fraction of sp³-hybridized carbons (Fsp3) is 0.562. The average molecular weight is 296 g/mol. The van der Waals surface area contributed by atoms with Gasteiger partial charge < -0.3 is 5.73 Å². The molecule has 0 aliphatic heterocycles. The van der Waals surface area contributed by atoms with Crippen molar-refractivity contribution in [2.24, 2.45) is 11.7 Å². The second-order valence-corrected chi connectivity index (χ2v) is 5.63. The number of rotatable bonds is 8. The van der Waals surface area contributed by atoms with Crippen molar-refractivity contribution < 1.29 is 4.39 Å². The predicted octanol–water partition coefficient (Wildman–Crippen LogP) is 3.72. The molecular weight excluding hydrogens is 271 g/mol. The van der Waals surface area contributed by atoms with Gasteiger partial charge in [-0.2, -0.15) is 0 Å². The largest absolute Gasteiger partial charge is 0.389 e. The van der Waals surface area contributed by atoms with E-state index < -0.39 is 0 Å². The second-order valence-electron chi connectivity index (χ2n) is 5.19. The molecule has 0 aromatic heterocycles. The van der Waals surface area contributed by atoms with E-state index in [4.69, 9.17) is 18.0 Å². The Kier molecular flexibility index (Phi) is 7.10. The van der Waals surface area contributed by atoms with Crippen LogP contribution in [0.2, 0.25) is 0 Å². The fourth-order valence-corrected chi connectivity index (χ4v) is 2.49. The first-order valence-corrected chi connectivity index (χ1v) is 7.73. The van der Waals surface area contributed by atoms with E-state index in [9.17, 15) is 4.39 Å². The molecule has 0 spiro atoms. The molecule has 0 bridgehead atoms. The average Bonchev–Trinajstić information content (AvgIpc) is 2.44.